The lowest BCUT2D eigenvalue weighted by Gasteiger charge is -2.28. The lowest BCUT2D eigenvalue weighted by Crippen LogP contribution is -2.30. The zero-order valence-electron chi connectivity index (χ0n) is 9.66. The van der Waals surface area contributed by atoms with E-state index in [1.807, 2.05) is 0 Å². The van der Waals surface area contributed by atoms with E-state index in [0.717, 1.165) is 5.92 Å². The van der Waals surface area contributed by atoms with E-state index in [1.165, 1.54) is 32.1 Å². The van der Waals surface area contributed by atoms with Gasteiger partial charge in [0.25, 0.3) is 0 Å². The second-order valence-corrected chi connectivity index (χ2v) is 4.23. The predicted octanol–water partition coefficient (Wildman–Crippen LogP) is 2.82. The molecule has 1 aliphatic carbocycles. The normalized spacial score (nSPS) is 23.4. The highest BCUT2D eigenvalue weighted by molar-refractivity contribution is 4.89. The van der Waals surface area contributed by atoms with Crippen molar-refractivity contribution in [2.75, 3.05) is 14.2 Å². The van der Waals surface area contributed by atoms with Gasteiger partial charge in [0.1, 0.15) is 0 Å². The molecule has 1 rings (SSSR count). The Morgan fingerprint density at radius 3 is 2.21 bits per heavy atom. The van der Waals surface area contributed by atoms with E-state index < -0.39 is 0 Å². The molecule has 0 N–H and O–H groups in total. The molecule has 1 fully saturated rings. The fraction of sp³-hybridized carbons (Fsp3) is 0.917. The first kappa shape index (κ1) is 12.0. The minimum atomic E-state index is 0.156. The third kappa shape index (κ3) is 3.58. The van der Waals surface area contributed by atoms with E-state index in [0.29, 0.717) is 0 Å². The van der Waals surface area contributed by atoms with Gasteiger partial charge >= 0.3 is 0 Å². The summed E-state index contributed by atoms with van der Waals surface area (Å²) in [5, 5.41) is 0. The van der Waals surface area contributed by atoms with Crippen molar-refractivity contribution < 1.29 is 9.47 Å². The van der Waals surface area contributed by atoms with Crippen molar-refractivity contribution in [3.63, 3.8) is 0 Å². The highest BCUT2D eigenvalue weighted by Crippen LogP contribution is 2.28. The summed E-state index contributed by atoms with van der Waals surface area (Å²) >= 11 is 0. The quantitative estimate of drug-likeness (QED) is 0.678. The van der Waals surface area contributed by atoms with Crippen molar-refractivity contribution >= 4 is 0 Å². The van der Waals surface area contributed by atoms with Crippen LogP contribution in [0.3, 0.4) is 0 Å². The zero-order valence-corrected chi connectivity index (χ0v) is 9.66. The summed E-state index contributed by atoms with van der Waals surface area (Å²) in [7, 11) is 3.50. The number of ether oxygens (including phenoxy) is 2. The van der Waals surface area contributed by atoms with Crippen LogP contribution in [0.4, 0.5) is 0 Å². The van der Waals surface area contributed by atoms with Gasteiger partial charge in [0, 0.05) is 14.2 Å². The maximum atomic E-state index is 5.43. The first-order valence-corrected chi connectivity index (χ1v) is 5.68. The first-order chi connectivity index (χ1) is 6.77. The predicted molar refractivity (Wildman–Crippen MR) is 58.1 cm³/mol. The summed E-state index contributed by atoms with van der Waals surface area (Å²) in [6.45, 7) is 2.06. The Morgan fingerprint density at radius 1 is 1.07 bits per heavy atom. The molecular formula is C12H23O2. The number of rotatable bonds is 5. The summed E-state index contributed by atoms with van der Waals surface area (Å²) in [5.74, 6) is 0.742. The van der Waals surface area contributed by atoms with Crippen LogP contribution in [-0.2, 0) is 9.47 Å². The molecule has 0 aromatic rings. The topological polar surface area (TPSA) is 18.5 Å². The van der Waals surface area contributed by atoms with Crippen LogP contribution in [0.25, 0.3) is 0 Å². The Kier molecular flexibility index (Phi) is 5.49. The summed E-state index contributed by atoms with van der Waals surface area (Å²) < 4.78 is 10.7. The molecule has 0 saturated heterocycles. The van der Waals surface area contributed by atoms with Crippen molar-refractivity contribution in [3.8, 4) is 0 Å². The molecule has 0 heterocycles. The van der Waals surface area contributed by atoms with Gasteiger partial charge in [0.05, 0.1) is 12.2 Å². The van der Waals surface area contributed by atoms with Crippen molar-refractivity contribution in [2.45, 2.75) is 51.2 Å². The van der Waals surface area contributed by atoms with Crippen LogP contribution in [0.5, 0.6) is 0 Å². The van der Waals surface area contributed by atoms with Gasteiger partial charge in [-0.25, -0.2) is 0 Å². The van der Waals surface area contributed by atoms with Gasteiger partial charge in [0.2, 0.25) is 0 Å². The molecular weight excluding hydrogens is 176 g/mol. The van der Waals surface area contributed by atoms with Crippen LogP contribution >= 0.6 is 0 Å². The van der Waals surface area contributed by atoms with E-state index in [-0.39, 0.29) is 12.2 Å². The Balaban J connectivity index is 2.30. The van der Waals surface area contributed by atoms with Crippen LogP contribution in [0.1, 0.15) is 39.0 Å². The molecule has 0 aliphatic heterocycles. The monoisotopic (exact) mass is 199 g/mol. The molecule has 2 atom stereocenters. The number of methoxy groups -OCH3 is 2. The van der Waals surface area contributed by atoms with Crippen LogP contribution in [0.15, 0.2) is 0 Å². The van der Waals surface area contributed by atoms with Crippen molar-refractivity contribution in [1.82, 2.24) is 0 Å². The second kappa shape index (κ2) is 6.41. The molecule has 1 radical (unpaired) electrons. The van der Waals surface area contributed by atoms with Crippen LogP contribution in [-0.4, -0.2) is 26.4 Å². The molecule has 0 spiro atoms. The minimum Gasteiger partial charge on any atom is -0.379 e. The third-order valence-corrected chi connectivity index (χ3v) is 3.22. The molecule has 14 heavy (non-hydrogen) atoms. The molecule has 1 aliphatic rings. The molecule has 2 nitrogen and oxygen atoms in total. The molecule has 0 bridgehead atoms. The summed E-state index contributed by atoms with van der Waals surface area (Å²) in [6.07, 6.45) is 9.48. The Morgan fingerprint density at radius 2 is 1.71 bits per heavy atom. The molecule has 1 saturated carbocycles. The van der Waals surface area contributed by atoms with Crippen LogP contribution in [0, 0.1) is 12.3 Å². The maximum Gasteiger partial charge on any atom is 0.0864 e. The van der Waals surface area contributed by atoms with Crippen LogP contribution in [0.2, 0.25) is 0 Å². The number of hydrogen-bond acceptors (Lipinski definition) is 2. The van der Waals surface area contributed by atoms with Gasteiger partial charge in [-0.1, -0.05) is 32.1 Å². The lowest BCUT2D eigenvalue weighted by atomic mass is 9.84. The molecule has 0 aromatic carbocycles. The van der Waals surface area contributed by atoms with Crippen molar-refractivity contribution in [3.05, 3.63) is 6.42 Å². The SMILES string of the molecule is COC(C)C([CH]C1CCCCC1)OC. The Hall–Kier alpha value is -0.0800. The molecule has 2 unspecified atom stereocenters. The average molecular weight is 199 g/mol. The smallest absolute Gasteiger partial charge is 0.0864 e. The van der Waals surface area contributed by atoms with E-state index in [9.17, 15) is 0 Å². The van der Waals surface area contributed by atoms with Gasteiger partial charge in [-0.15, -0.1) is 0 Å². The highest BCUT2D eigenvalue weighted by atomic mass is 16.5. The zero-order chi connectivity index (χ0) is 10.4. The van der Waals surface area contributed by atoms with Crippen LogP contribution < -0.4 is 0 Å². The van der Waals surface area contributed by atoms with E-state index in [4.69, 9.17) is 9.47 Å². The fourth-order valence-electron chi connectivity index (χ4n) is 2.16. The summed E-state index contributed by atoms with van der Waals surface area (Å²) in [5.41, 5.74) is 0. The largest absolute Gasteiger partial charge is 0.379 e. The van der Waals surface area contributed by atoms with Gasteiger partial charge in [-0.3, -0.25) is 0 Å². The van der Waals surface area contributed by atoms with Gasteiger partial charge in [-0.2, -0.15) is 0 Å². The molecule has 0 amide bonds. The van der Waals surface area contributed by atoms with E-state index in [2.05, 4.69) is 13.3 Å². The standard InChI is InChI=1S/C12H23O2/c1-10(13-2)12(14-3)9-11-7-5-4-6-8-11/h9-12H,4-8H2,1-3H3. The molecule has 2 heteroatoms. The van der Waals surface area contributed by atoms with Gasteiger partial charge in [-0.05, 0) is 19.3 Å². The summed E-state index contributed by atoms with van der Waals surface area (Å²) in [6, 6.07) is 0. The summed E-state index contributed by atoms with van der Waals surface area (Å²) in [4.78, 5) is 0. The highest BCUT2D eigenvalue weighted by Gasteiger charge is 2.23. The van der Waals surface area contributed by atoms with E-state index >= 15 is 0 Å². The second-order valence-electron chi connectivity index (χ2n) is 4.23. The van der Waals surface area contributed by atoms with Crippen molar-refractivity contribution in [2.24, 2.45) is 5.92 Å². The third-order valence-electron chi connectivity index (χ3n) is 3.22. The Labute approximate surface area is 88.0 Å². The van der Waals surface area contributed by atoms with Gasteiger partial charge in [0.15, 0.2) is 0 Å². The molecule has 0 aromatic heterocycles. The van der Waals surface area contributed by atoms with Gasteiger partial charge < -0.3 is 9.47 Å². The fourth-order valence-corrected chi connectivity index (χ4v) is 2.16. The average Bonchev–Trinajstić information content (AvgIpc) is 2.26. The minimum absolute atomic E-state index is 0.156. The van der Waals surface area contributed by atoms with E-state index in [1.54, 1.807) is 14.2 Å². The maximum absolute atomic E-state index is 5.43. The number of hydrogen-bond donors (Lipinski definition) is 0. The van der Waals surface area contributed by atoms with Crippen molar-refractivity contribution in [1.29, 1.82) is 0 Å². The first-order valence-electron chi connectivity index (χ1n) is 5.68. The Bertz CT molecular complexity index is 141. The molecule has 83 valence electrons. The lowest BCUT2D eigenvalue weighted by molar-refractivity contribution is -0.0148.